The van der Waals surface area contributed by atoms with Gasteiger partial charge in [0.15, 0.2) is 0 Å². The molecule has 5 heteroatoms. The lowest BCUT2D eigenvalue weighted by atomic mass is 10.1. The average molecular weight is 255 g/mol. The maximum absolute atomic E-state index is 11.9. The molecule has 1 aromatic heterocycles. The van der Waals surface area contributed by atoms with Crippen LogP contribution in [0.2, 0.25) is 0 Å². The molecular weight excluding hydrogens is 242 g/mol. The molecule has 19 heavy (non-hydrogen) atoms. The Hall–Kier alpha value is -2.56. The van der Waals surface area contributed by atoms with Gasteiger partial charge in [-0.1, -0.05) is 6.07 Å². The van der Waals surface area contributed by atoms with Crippen LogP contribution in [0, 0.1) is 0 Å². The van der Waals surface area contributed by atoms with Gasteiger partial charge in [0.2, 0.25) is 0 Å². The molecule has 5 nitrogen and oxygen atoms in total. The summed E-state index contributed by atoms with van der Waals surface area (Å²) in [6, 6.07) is 10.8. The summed E-state index contributed by atoms with van der Waals surface area (Å²) < 4.78 is 5.10. The standard InChI is InChI=1S/C14H13N3O2/c1-19-10-6-4-9(5-7-10)16-12-11-3-2-8-15-13(11)17-14(12)18/h2-8,12,16H,1H3,(H,15,17,18). The highest BCUT2D eigenvalue weighted by molar-refractivity contribution is 6.03. The Labute approximate surface area is 110 Å². The fraction of sp³-hybridized carbons (Fsp3) is 0.143. The molecule has 0 bridgehead atoms. The number of methoxy groups -OCH3 is 1. The molecule has 1 atom stereocenters. The van der Waals surface area contributed by atoms with E-state index in [9.17, 15) is 4.79 Å². The third-order valence-corrected chi connectivity index (χ3v) is 3.05. The lowest BCUT2D eigenvalue weighted by Crippen LogP contribution is -2.19. The molecule has 2 aromatic rings. The molecule has 0 spiro atoms. The van der Waals surface area contributed by atoms with Crippen molar-refractivity contribution < 1.29 is 9.53 Å². The van der Waals surface area contributed by atoms with Gasteiger partial charge in [-0.2, -0.15) is 0 Å². The second-order valence-electron chi connectivity index (χ2n) is 4.24. The molecule has 0 saturated heterocycles. The molecule has 1 amide bonds. The third-order valence-electron chi connectivity index (χ3n) is 3.05. The van der Waals surface area contributed by atoms with Crippen LogP contribution in [-0.4, -0.2) is 18.0 Å². The van der Waals surface area contributed by atoms with Crippen molar-refractivity contribution in [1.29, 1.82) is 0 Å². The van der Waals surface area contributed by atoms with Gasteiger partial charge >= 0.3 is 0 Å². The SMILES string of the molecule is COc1ccc(NC2C(=O)Nc3ncccc32)cc1. The van der Waals surface area contributed by atoms with E-state index >= 15 is 0 Å². The van der Waals surface area contributed by atoms with Gasteiger partial charge in [0.25, 0.3) is 5.91 Å². The van der Waals surface area contributed by atoms with E-state index < -0.39 is 6.04 Å². The van der Waals surface area contributed by atoms with Crippen LogP contribution >= 0.6 is 0 Å². The normalized spacial score (nSPS) is 16.7. The molecule has 2 N–H and O–H groups in total. The Morgan fingerprint density at radius 3 is 2.79 bits per heavy atom. The lowest BCUT2D eigenvalue weighted by molar-refractivity contribution is -0.116. The third kappa shape index (κ3) is 2.10. The van der Waals surface area contributed by atoms with Crippen molar-refractivity contribution in [3.8, 4) is 5.75 Å². The summed E-state index contributed by atoms with van der Waals surface area (Å²) >= 11 is 0. The molecule has 3 rings (SSSR count). The minimum absolute atomic E-state index is 0.0930. The van der Waals surface area contributed by atoms with Crippen LogP contribution in [0.25, 0.3) is 0 Å². The topological polar surface area (TPSA) is 63.2 Å². The summed E-state index contributed by atoms with van der Waals surface area (Å²) in [6.07, 6.45) is 1.66. The predicted octanol–water partition coefficient (Wildman–Crippen LogP) is 2.20. The number of carbonyl (C=O) groups excluding carboxylic acids is 1. The number of nitrogens with zero attached hydrogens (tertiary/aromatic N) is 1. The first-order chi connectivity index (χ1) is 9.28. The molecular formula is C14H13N3O2. The smallest absolute Gasteiger partial charge is 0.252 e. The molecule has 2 heterocycles. The maximum atomic E-state index is 11.9. The number of rotatable bonds is 3. The molecule has 1 aliphatic rings. The van der Waals surface area contributed by atoms with E-state index in [4.69, 9.17) is 4.74 Å². The molecule has 96 valence electrons. The fourth-order valence-corrected chi connectivity index (χ4v) is 2.08. The van der Waals surface area contributed by atoms with Gasteiger partial charge in [0.1, 0.15) is 17.6 Å². The first kappa shape index (κ1) is 11.5. The second-order valence-corrected chi connectivity index (χ2v) is 4.24. The zero-order valence-corrected chi connectivity index (χ0v) is 10.4. The average Bonchev–Trinajstić information content (AvgIpc) is 2.76. The second kappa shape index (κ2) is 4.61. The number of benzene rings is 1. The van der Waals surface area contributed by atoms with Crippen molar-refractivity contribution in [3.63, 3.8) is 0 Å². The molecule has 0 fully saturated rings. The lowest BCUT2D eigenvalue weighted by Gasteiger charge is -2.13. The first-order valence-electron chi connectivity index (χ1n) is 5.94. The van der Waals surface area contributed by atoms with Gasteiger partial charge < -0.3 is 15.4 Å². The largest absolute Gasteiger partial charge is 0.497 e. The number of pyridine rings is 1. The Kier molecular flexibility index (Phi) is 2.79. The van der Waals surface area contributed by atoms with Gasteiger partial charge in [-0.15, -0.1) is 0 Å². The highest BCUT2D eigenvalue weighted by Gasteiger charge is 2.30. The van der Waals surface area contributed by atoms with Crippen LogP contribution in [0.5, 0.6) is 5.75 Å². The van der Waals surface area contributed by atoms with Crippen LogP contribution in [0.1, 0.15) is 11.6 Å². The Morgan fingerprint density at radius 1 is 1.26 bits per heavy atom. The van der Waals surface area contributed by atoms with E-state index in [-0.39, 0.29) is 5.91 Å². The van der Waals surface area contributed by atoms with Crippen molar-refractivity contribution in [1.82, 2.24) is 4.98 Å². The van der Waals surface area contributed by atoms with Crippen molar-refractivity contribution in [2.45, 2.75) is 6.04 Å². The number of carbonyl (C=O) groups is 1. The number of nitrogens with one attached hydrogen (secondary N) is 2. The molecule has 1 aliphatic heterocycles. The summed E-state index contributed by atoms with van der Waals surface area (Å²) in [5, 5.41) is 5.94. The monoisotopic (exact) mass is 255 g/mol. The van der Waals surface area contributed by atoms with Crippen LogP contribution < -0.4 is 15.4 Å². The van der Waals surface area contributed by atoms with Crippen molar-refractivity contribution in [2.75, 3.05) is 17.7 Å². The number of aromatic nitrogens is 1. The highest BCUT2D eigenvalue weighted by atomic mass is 16.5. The van der Waals surface area contributed by atoms with Gasteiger partial charge in [-0.3, -0.25) is 4.79 Å². The van der Waals surface area contributed by atoms with Crippen molar-refractivity contribution in [3.05, 3.63) is 48.2 Å². The quantitative estimate of drug-likeness (QED) is 0.882. The van der Waals surface area contributed by atoms with Gasteiger partial charge in [0.05, 0.1) is 7.11 Å². The zero-order chi connectivity index (χ0) is 13.2. The molecule has 0 aliphatic carbocycles. The van der Waals surface area contributed by atoms with E-state index in [0.717, 1.165) is 17.0 Å². The number of hydrogen-bond acceptors (Lipinski definition) is 4. The zero-order valence-electron chi connectivity index (χ0n) is 10.4. The van der Waals surface area contributed by atoms with E-state index in [2.05, 4.69) is 15.6 Å². The van der Waals surface area contributed by atoms with Gasteiger partial charge in [-0.25, -0.2) is 4.98 Å². The summed E-state index contributed by atoms with van der Waals surface area (Å²) in [6.45, 7) is 0. The minimum atomic E-state index is -0.405. The fourth-order valence-electron chi connectivity index (χ4n) is 2.08. The van der Waals surface area contributed by atoms with E-state index in [1.54, 1.807) is 13.3 Å². The Balaban J connectivity index is 1.84. The highest BCUT2D eigenvalue weighted by Crippen LogP contribution is 2.31. The Bertz CT molecular complexity index is 610. The first-order valence-corrected chi connectivity index (χ1v) is 5.94. The van der Waals surface area contributed by atoms with E-state index in [0.29, 0.717) is 5.82 Å². The number of ether oxygens (including phenoxy) is 1. The summed E-state index contributed by atoms with van der Waals surface area (Å²) in [5.41, 5.74) is 1.72. The number of fused-ring (bicyclic) bond motifs is 1. The van der Waals surface area contributed by atoms with Gasteiger partial charge in [0, 0.05) is 17.4 Å². The molecule has 0 radical (unpaired) electrons. The Morgan fingerprint density at radius 2 is 2.05 bits per heavy atom. The van der Waals surface area contributed by atoms with Crippen LogP contribution in [-0.2, 0) is 4.79 Å². The summed E-state index contributed by atoms with van der Waals surface area (Å²) in [7, 11) is 1.62. The predicted molar refractivity (Wildman–Crippen MR) is 72.2 cm³/mol. The van der Waals surface area contributed by atoms with Crippen molar-refractivity contribution in [2.24, 2.45) is 0 Å². The number of anilines is 2. The minimum Gasteiger partial charge on any atom is -0.497 e. The molecule has 1 aromatic carbocycles. The number of hydrogen-bond donors (Lipinski definition) is 2. The maximum Gasteiger partial charge on any atom is 0.252 e. The van der Waals surface area contributed by atoms with E-state index in [1.807, 2.05) is 36.4 Å². The van der Waals surface area contributed by atoms with Gasteiger partial charge in [-0.05, 0) is 30.3 Å². The van der Waals surface area contributed by atoms with Crippen LogP contribution in [0.3, 0.4) is 0 Å². The number of amides is 1. The molecule has 0 saturated carbocycles. The molecule has 1 unspecified atom stereocenters. The summed E-state index contributed by atoms with van der Waals surface area (Å²) in [5.74, 6) is 1.31. The van der Waals surface area contributed by atoms with Crippen LogP contribution in [0.15, 0.2) is 42.6 Å². The van der Waals surface area contributed by atoms with Crippen molar-refractivity contribution >= 4 is 17.4 Å². The van der Waals surface area contributed by atoms with E-state index in [1.165, 1.54) is 0 Å². The summed E-state index contributed by atoms with van der Waals surface area (Å²) in [4.78, 5) is 16.1. The van der Waals surface area contributed by atoms with Crippen LogP contribution in [0.4, 0.5) is 11.5 Å².